The highest BCUT2D eigenvalue weighted by Crippen LogP contribution is 2.18. The van der Waals surface area contributed by atoms with E-state index in [1.807, 2.05) is 0 Å². The van der Waals surface area contributed by atoms with Gasteiger partial charge in [-0.15, -0.1) is 0 Å². The molecule has 2 rings (SSSR count). The van der Waals surface area contributed by atoms with Crippen molar-refractivity contribution in [2.75, 3.05) is 7.11 Å². The molecule has 2 aromatic rings. The van der Waals surface area contributed by atoms with Crippen molar-refractivity contribution in [3.05, 3.63) is 58.8 Å². The lowest BCUT2D eigenvalue weighted by molar-refractivity contribution is 0.0563. The third-order valence-corrected chi connectivity index (χ3v) is 2.66. The summed E-state index contributed by atoms with van der Waals surface area (Å²) in [7, 11) is 1.21. The van der Waals surface area contributed by atoms with Gasteiger partial charge < -0.3 is 9.15 Å². The fraction of sp³-hybridized carbons (Fsp3) is 0.143. The molecule has 0 N–H and O–H groups in total. The van der Waals surface area contributed by atoms with Crippen LogP contribution in [0.25, 0.3) is 0 Å². The van der Waals surface area contributed by atoms with Crippen LogP contribution in [-0.2, 0) is 4.74 Å². The standard InChI is InChI=1S/C14H11FO4/c1-8-3-4-9(15)7-10(8)13(16)11-5-6-12(19-11)14(17)18-2/h3-7H,1-2H3. The normalized spacial score (nSPS) is 10.3. The fourth-order valence-corrected chi connectivity index (χ4v) is 1.64. The zero-order chi connectivity index (χ0) is 14.0. The van der Waals surface area contributed by atoms with Crippen molar-refractivity contribution in [3.63, 3.8) is 0 Å². The number of ether oxygens (including phenoxy) is 1. The summed E-state index contributed by atoms with van der Waals surface area (Å²) in [6, 6.07) is 6.62. The number of furan rings is 1. The molecule has 0 unspecified atom stereocenters. The number of carbonyl (C=O) groups is 2. The highest BCUT2D eigenvalue weighted by Gasteiger charge is 2.19. The van der Waals surface area contributed by atoms with Gasteiger partial charge in [0.15, 0.2) is 5.76 Å². The van der Waals surface area contributed by atoms with Crippen molar-refractivity contribution >= 4 is 11.8 Å². The topological polar surface area (TPSA) is 56.5 Å². The number of esters is 1. The van der Waals surface area contributed by atoms with Gasteiger partial charge in [0, 0.05) is 5.56 Å². The van der Waals surface area contributed by atoms with Crippen molar-refractivity contribution in [2.24, 2.45) is 0 Å². The van der Waals surface area contributed by atoms with Crippen LogP contribution in [-0.4, -0.2) is 18.9 Å². The van der Waals surface area contributed by atoms with E-state index in [2.05, 4.69) is 4.74 Å². The van der Waals surface area contributed by atoms with Gasteiger partial charge in [-0.25, -0.2) is 9.18 Å². The average Bonchev–Trinajstić information content (AvgIpc) is 2.89. The molecular weight excluding hydrogens is 251 g/mol. The van der Waals surface area contributed by atoms with Gasteiger partial charge in [0.2, 0.25) is 11.5 Å². The predicted octanol–water partition coefficient (Wildman–Crippen LogP) is 2.74. The summed E-state index contributed by atoms with van der Waals surface area (Å²) in [5, 5.41) is 0. The van der Waals surface area contributed by atoms with E-state index in [1.54, 1.807) is 6.92 Å². The van der Waals surface area contributed by atoms with Crippen LogP contribution in [0.1, 0.15) is 32.2 Å². The zero-order valence-electron chi connectivity index (χ0n) is 10.4. The maximum absolute atomic E-state index is 13.2. The number of aryl methyl sites for hydroxylation is 1. The van der Waals surface area contributed by atoms with E-state index in [9.17, 15) is 14.0 Å². The van der Waals surface area contributed by atoms with Crippen LogP contribution < -0.4 is 0 Å². The number of halogens is 1. The van der Waals surface area contributed by atoms with Gasteiger partial charge >= 0.3 is 5.97 Å². The largest absolute Gasteiger partial charge is 0.463 e. The Kier molecular flexibility index (Phi) is 3.46. The molecule has 0 saturated heterocycles. The average molecular weight is 262 g/mol. The van der Waals surface area contributed by atoms with Crippen LogP contribution in [0.4, 0.5) is 4.39 Å². The maximum atomic E-state index is 13.2. The van der Waals surface area contributed by atoms with Crippen LogP contribution in [0.15, 0.2) is 34.7 Å². The molecule has 0 bridgehead atoms. The highest BCUT2D eigenvalue weighted by molar-refractivity contribution is 6.08. The summed E-state index contributed by atoms with van der Waals surface area (Å²) < 4.78 is 22.7. The molecule has 0 amide bonds. The molecule has 0 fully saturated rings. The smallest absolute Gasteiger partial charge is 0.373 e. The van der Waals surface area contributed by atoms with Crippen molar-refractivity contribution in [3.8, 4) is 0 Å². The van der Waals surface area contributed by atoms with E-state index in [0.29, 0.717) is 5.56 Å². The SMILES string of the molecule is COC(=O)c1ccc(C(=O)c2cc(F)ccc2C)o1. The number of methoxy groups -OCH3 is 1. The predicted molar refractivity (Wildman–Crippen MR) is 64.6 cm³/mol. The molecule has 1 heterocycles. The second-order valence-corrected chi connectivity index (χ2v) is 3.94. The molecule has 0 radical (unpaired) electrons. The van der Waals surface area contributed by atoms with E-state index in [0.717, 1.165) is 6.07 Å². The quantitative estimate of drug-likeness (QED) is 0.630. The van der Waals surface area contributed by atoms with Gasteiger partial charge in [0.05, 0.1) is 7.11 Å². The van der Waals surface area contributed by atoms with Crippen LogP contribution in [0.2, 0.25) is 0 Å². The number of hydrogen-bond acceptors (Lipinski definition) is 4. The van der Waals surface area contributed by atoms with E-state index in [4.69, 9.17) is 4.42 Å². The van der Waals surface area contributed by atoms with E-state index in [1.165, 1.54) is 31.4 Å². The Bertz CT molecular complexity index is 643. The Morgan fingerprint density at radius 3 is 2.53 bits per heavy atom. The molecule has 0 saturated carbocycles. The molecule has 5 heteroatoms. The molecule has 4 nitrogen and oxygen atoms in total. The number of hydrogen-bond donors (Lipinski definition) is 0. The Hall–Kier alpha value is -2.43. The van der Waals surface area contributed by atoms with Crippen molar-refractivity contribution < 1.29 is 23.1 Å². The molecule has 0 aliphatic heterocycles. The summed E-state index contributed by atoms with van der Waals surface area (Å²) in [6.07, 6.45) is 0. The third-order valence-electron chi connectivity index (χ3n) is 2.66. The lowest BCUT2D eigenvalue weighted by Crippen LogP contribution is -2.04. The lowest BCUT2D eigenvalue weighted by Gasteiger charge is -2.02. The van der Waals surface area contributed by atoms with Gasteiger partial charge in [-0.3, -0.25) is 4.79 Å². The van der Waals surface area contributed by atoms with Gasteiger partial charge in [0.25, 0.3) is 0 Å². The first-order valence-electron chi connectivity index (χ1n) is 5.52. The molecular formula is C14H11FO4. The third kappa shape index (κ3) is 2.54. The fourth-order valence-electron chi connectivity index (χ4n) is 1.64. The Morgan fingerprint density at radius 1 is 1.16 bits per heavy atom. The van der Waals surface area contributed by atoms with Gasteiger partial charge in [-0.1, -0.05) is 6.07 Å². The maximum Gasteiger partial charge on any atom is 0.373 e. The van der Waals surface area contributed by atoms with E-state index < -0.39 is 17.6 Å². The van der Waals surface area contributed by atoms with E-state index >= 15 is 0 Å². The summed E-state index contributed by atoms with van der Waals surface area (Å²) in [5.74, 6) is -1.76. The van der Waals surface area contributed by atoms with Crippen molar-refractivity contribution in [1.29, 1.82) is 0 Å². The van der Waals surface area contributed by atoms with Crippen LogP contribution in [0.5, 0.6) is 0 Å². The number of ketones is 1. The molecule has 19 heavy (non-hydrogen) atoms. The van der Waals surface area contributed by atoms with Gasteiger partial charge in [-0.2, -0.15) is 0 Å². The van der Waals surface area contributed by atoms with Crippen molar-refractivity contribution in [1.82, 2.24) is 0 Å². The number of benzene rings is 1. The van der Waals surface area contributed by atoms with Gasteiger partial charge in [-0.05, 0) is 36.8 Å². The minimum atomic E-state index is -0.671. The van der Waals surface area contributed by atoms with E-state index in [-0.39, 0.29) is 17.1 Å². The molecule has 1 aromatic carbocycles. The molecule has 0 aliphatic rings. The molecule has 0 atom stereocenters. The first-order valence-corrected chi connectivity index (χ1v) is 5.52. The first-order chi connectivity index (χ1) is 9.02. The summed E-state index contributed by atoms with van der Waals surface area (Å²) in [6.45, 7) is 1.69. The van der Waals surface area contributed by atoms with Crippen LogP contribution in [0, 0.1) is 12.7 Å². The molecule has 98 valence electrons. The second kappa shape index (κ2) is 5.06. The minimum absolute atomic E-state index is 0.0332. The van der Waals surface area contributed by atoms with Gasteiger partial charge in [0.1, 0.15) is 5.82 Å². The summed E-state index contributed by atoms with van der Waals surface area (Å²) in [4.78, 5) is 23.4. The van der Waals surface area contributed by atoms with Crippen molar-refractivity contribution in [2.45, 2.75) is 6.92 Å². The lowest BCUT2D eigenvalue weighted by atomic mass is 10.0. The zero-order valence-corrected chi connectivity index (χ0v) is 10.4. The summed E-state index contributed by atoms with van der Waals surface area (Å²) in [5.41, 5.74) is 0.827. The summed E-state index contributed by atoms with van der Waals surface area (Å²) >= 11 is 0. The Balaban J connectivity index is 2.36. The first kappa shape index (κ1) is 13.0. The second-order valence-electron chi connectivity index (χ2n) is 3.94. The molecule has 0 spiro atoms. The number of rotatable bonds is 3. The number of carbonyl (C=O) groups excluding carboxylic acids is 2. The Morgan fingerprint density at radius 2 is 1.84 bits per heavy atom. The molecule has 1 aromatic heterocycles. The minimum Gasteiger partial charge on any atom is -0.463 e. The molecule has 0 aliphatic carbocycles. The highest BCUT2D eigenvalue weighted by atomic mass is 19.1. The van der Waals surface area contributed by atoms with Crippen LogP contribution >= 0.6 is 0 Å². The Labute approximate surface area is 108 Å². The monoisotopic (exact) mass is 262 g/mol. The van der Waals surface area contributed by atoms with Crippen LogP contribution in [0.3, 0.4) is 0 Å².